The molecule has 108 valence electrons. The van der Waals surface area contributed by atoms with Gasteiger partial charge in [0.1, 0.15) is 10.7 Å². The summed E-state index contributed by atoms with van der Waals surface area (Å²) in [6, 6.07) is 12.1. The smallest absolute Gasteiger partial charge is 0.232 e. The highest BCUT2D eigenvalue weighted by Crippen LogP contribution is 2.28. The van der Waals surface area contributed by atoms with Crippen molar-refractivity contribution in [2.75, 3.05) is 0 Å². The first-order valence-electron chi connectivity index (χ1n) is 6.37. The van der Waals surface area contributed by atoms with E-state index in [0.717, 1.165) is 5.56 Å². The number of benzene rings is 2. The molecule has 4 nitrogen and oxygen atoms in total. The van der Waals surface area contributed by atoms with Gasteiger partial charge < -0.3 is 0 Å². The zero-order chi connectivity index (χ0) is 15.2. The molecule has 3 rings (SSSR count). The number of hydrogen-bond acceptors (Lipinski definition) is 3. The van der Waals surface area contributed by atoms with E-state index in [4.69, 9.17) is 11.6 Å². The van der Waals surface area contributed by atoms with E-state index in [2.05, 4.69) is 4.98 Å². The number of hydrogen-bond donors (Lipinski definition) is 0. The summed E-state index contributed by atoms with van der Waals surface area (Å²) in [6.07, 6.45) is 0. The molecule has 1 heterocycles. The van der Waals surface area contributed by atoms with Crippen molar-refractivity contribution < 1.29 is 8.42 Å². The van der Waals surface area contributed by atoms with Crippen LogP contribution in [0, 0.1) is 13.8 Å². The molecule has 0 spiro atoms. The van der Waals surface area contributed by atoms with Gasteiger partial charge in [0.05, 0.1) is 16.1 Å². The van der Waals surface area contributed by atoms with Crippen molar-refractivity contribution in [2.45, 2.75) is 18.7 Å². The molecule has 0 amide bonds. The molecule has 0 radical (unpaired) electrons. The van der Waals surface area contributed by atoms with E-state index < -0.39 is 10.0 Å². The number of aromatic nitrogens is 2. The molecule has 0 fully saturated rings. The Balaban J connectivity index is 2.35. The van der Waals surface area contributed by atoms with Crippen LogP contribution in [0.1, 0.15) is 11.4 Å². The topological polar surface area (TPSA) is 52.0 Å². The van der Waals surface area contributed by atoms with Gasteiger partial charge in [-0.1, -0.05) is 29.8 Å². The predicted octanol–water partition coefficient (Wildman–Crippen LogP) is 3.54. The Morgan fingerprint density at radius 2 is 1.81 bits per heavy atom. The lowest BCUT2D eigenvalue weighted by Crippen LogP contribution is -2.15. The quantitative estimate of drug-likeness (QED) is 0.725. The van der Waals surface area contributed by atoms with Crippen LogP contribution in [0.3, 0.4) is 0 Å². The summed E-state index contributed by atoms with van der Waals surface area (Å²) >= 11 is 6.09. The molecule has 0 N–H and O–H groups in total. The largest absolute Gasteiger partial charge is 0.271 e. The van der Waals surface area contributed by atoms with Gasteiger partial charge in [-0.2, -0.15) is 0 Å². The third-order valence-electron chi connectivity index (χ3n) is 3.28. The summed E-state index contributed by atoms with van der Waals surface area (Å²) in [5.74, 6) is 0.411. The van der Waals surface area contributed by atoms with Crippen molar-refractivity contribution in [1.82, 2.24) is 8.96 Å². The second-order valence-corrected chi connectivity index (χ2v) is 7.01. The van der Waals surface area contributed by atoms with Gasteiger partial charge in [0, 0.05) is 0 Å². The lowest BCUT2D eigenvalue weighted by molar-refractivity contribution is 0.587. The van der Waals surface area contributed by atoms with Crippen molar-refractivity contribution in [3.05, 3.63) is 58.9 Å². The molecular weight excluding hydrogens is 308 g/mol. The number of aryl methyl sites for hydroxylation is 2. The molecule has 0 aliphatic heterocycles. The van der Waals surface area contributed by atoms with Gasteiger partial charge in [0.2, 0.25) is 0 Å². The number of fused-ring (bicyclic) bond motifs is 1. The van der Waals surface area contributed by atoms with Gasteiger partial charge in [-0.3, -0.25) is 0 Å². The number of imidazole rings is 1. The average molecular weight is 321 g/mol. The second-order valence-electron chi connectivity index (χ2n) is 4.85. The van der Waals surface area contributed by atoms with E-state index in [1.54, 1.807) is 43.3 Å². The summed E-state index contributed by atoms with van der Waals surface area (Å²) in [5, 5.41) is 0.206. The summed E-state index contributed by atoms with van der Waals surface area (Å²) in [6.45, 7) is 3.50. The lowest BCUT2D eigenvalue weighted by atomic mass is 10.2. The molecule has 0 saturated heterocycles. The molecule has 0 saturated carbocycles. The minimum Gasteiger partial charge on any atom is -0.232 e. The Morgan fingerprint density at radius 3 is 2.57 bits per heavy atom. The standard InChI is InChI=1S/C15H13ClN2O2S/c1-10-7-8-12(16)15(9-10)21(19,20)18-11(2)17-13-5-3-4-6-14(13)18/h3-9H,1-2H3. The molecule has 3 aromatic rings. The number of nitrogens with zero attached hydrogens (tertiary/aromatic N) is 2. The first kappa shape index (κ1) is 14.1. The molecule has 0 bridgehead atoms. The summed E-state index contributed by atoms with van der Waals surface area (Å²) in [7, 11) is -3.78. The van der Waals surface area contributed by atoms with Crippen LogP contribution in [0.15, 0.2) is 47.4 Å². The van der Waals surface area contributed by atoms with Gasteiger partial charge in [-0.15, -0.1) is 0 Å². The van der Waals surface area contributed by atoms with E-state index in [-0.39, 0.29) is 9.92 Å². The van der Waals surface area contributed by atoms with E-state index in [9.17, 15) is 8.42 Å². The Morgan fingerprint density at radius 1 is 1.10 bits per heavy atom. The van der Waals surface area contributed by atoms with E-state index >= 15 is 0 Å². The molecule has 2 aromatic carbocycles. The number of rotatable bonds is 2. The van der Waals surface area contributed by atoms with Gasteiger partial charge in [-0.05, 0) is 43.7 Å². The second kappa shape index (κ2) is 4.86. The van der Waals surface area contributed by atoms with E-state index in [1.807, 2.05) is 13.0 Å². The van der Waals surface area contributed by atoms with Gasteiger partial charge in [0.15, 0.2) is 0 Å². The Labute approximate surface area is 128 Å². The third-order valence-corrected chi connectivity index (χ3v) is 5.56. The van der Waals surface area contributed by atoms with E-state index in [1.165, 1.54) is 3.97 Å². The zero-order valence-corrected chi connectivity index (χ0v) is 13.1. The Bertz CT molecular complexity index is 945. The van der Waals surface area contributed by atoms with Crippen LogP contribution < -0.4 is 0 Å². The Kier molecular flexibility index (Phi) is 3.26. The fraction of sp³-hybridized carbons (Fsp3) is 0.133. The maximum absolute atomic E-state index is 12.9. The maximum atomic E-state index is 12.9. The van der Waals surface area contributed by atoms with Crippen LogP contribution in [0.25, 0.3) is 11.0 Å². The van der Waals surface area contributed by atoms with Crippen molar-refractivity contribution >= 4 is 32.7 Å². The molecular formula is C15H13ClN2O2S. The first-order chi connectivity index (χ1) is 9.91. The molecule has 0 atom stereocenters. The number of halogens is 1. The predicted molar refractivity (Wildman–Crippen MR) is 83.2 cm³/mol. The van der Waals surface area contributed by atoms with Crippen LogP contribution in [0.2, 0.25) is 5.02 Å². The highest BCUT2D eigenvalue weighted by atomic mass is 35.5. The molecule has 0 aliphatic carbocycles. The average Bonchev–Trinajstić information content (AvgIpc) is 2.77. The normalized spacial score (nSPS) is 12.0. The van der Waals surface area contributed by atoms with Crippen molar-refractivity contribution in [3.8, 4) is 0 Å². The van der Waals surface area contributed by atoms with Crippen LogP contribution in [0.5, 0.6) is 0 Å². The lowest BCUT2D eigenvalue weighted by Gasteiger charge is -2.11. The minimum atomic E-state index is -3.78. The van der Waals surface area contributed by atoms with Gasteiger partial charge in [-0.25, -0.2) is 17.4 Å². The van der Waals surface area contributed by atoms with Gasteiger partial charge >= 0.3 is 0 Å². The molecule has 0 aliphatic rings. The van der Waals surface area contributed by atoms with Crippen LogP contribution in [-0.4, -0.2) is 17.4 Å². The summed E-state index contributed by atoms with van der Waals surface area (Å²) in [5.41, 5.74) is 2.02. The first-order valence-corrected chi connectivity index (χ1v) is 8.19. The highest BCUT2D eigenvalue weighted by Gasteiger charge is 2.24. The number of para-hydroxylation sites is 2. The van der Waals surface area contributed by atoms with Gasteiger partial charge in [0.25, 0.3) is 10.0 Å². The fourth-order valence-corrected chi connectivity index (χ4v) is 4.39. The maximum Gasteiger partial charge on any atom is 0.271 e. The summed E-state index contributed by atoms with van der Waals surface area (Å²) in [4.78, 5) is 4.39. The van der Waals surface area contributed by atoms with Crippen molar-refractivity contribution in [2.24, 2.45) is 0 Å². The van der Waals surface area contributed by atoms with Crippen molar-refractivity contribution in [1.29, 1.82) is 0 Å². The monoisotopic (exact) mass is 320 g/mol. The zero-order valence-electron chi connectivity index (χ0n) is 11.5. The van der Waals surface area contributed by atoms with Crippen LogP contribution in [-0.2, 0) is 10.0 Å². The molecule has 0 unspecified atom stereocenters. The summed E-state index contributed by atoms with van der Waals surface area (Å²) < 4.78 is 27.1. The van der Waals surface area contributed by atoms with Crippen LogP contribution in [0.4, 0.5) is 0 Å². The third kappa shape index (κ3) is 2.22. The fourth-order valence-electron chi connectivity index (χ4n) is 2.33. The molecule has 1 aromatic heterocycles. The SMILES string of the molecule is Cc1ccc(Cl)c(S(=O)(=O)n2c(C)nc3ccccc32)c1. The minimum absolute atomic E-state index is 0.0930. The molecule has 21 heavy (non-hydrogen) atoms. The Hall–Kier alpha value is -1.85. The van der Waals surface area contributed by atoms with E-state index in [0.29, 0.717) is 16.9 Å². The van der Waals surface area contributed by atoms with Crippen LogP contribution >= 0.6 is 11.6 Å². The van der Waals surface area contributed by atoms with Crippen molar-refractivity contribution in [3.63, 3.8) is 0 Å². The molecule has 6 heteroatoms. The highest BCUT2D eigenvalue weighted by molar-refractivity contribution is 7.90.